The van der Waals surface area contributed by atoms with E-state index in [2.05, 4.69) is 12.2 Å². The summed E-state index contributed by atoms with van der Waals surface area (Å²) in [5.74, 6) is -0.615. The zero-order valence-corrected chi connectivity index (χ0v) is 10.1. The van der Waals surface area contributed by atoms with Crippen LogP contribution in [0.15, 0.2) is 36.4 Å². The first-order valence-corrected chi connectivity index (χ1v) is 6.48. The summed E-state index contributed by atoms with van der Waals surface area (Å²) in [4.78, 5) is 26.1. The van der Waals surface area contributed by atoms with Crippen molar-refractivity contribution in [3.05, 3.63) is 42.2 Å². The van der Waals surface area contributed by atoms with Gasteiger partial charge in [0.05, 0.1) is 17.5 Å². The number of amides is 2. The second-order valence-corrected chi connectivity index (χ2v) is 5.49. The Morgan fingerprint density at radius 2 is 1.47 bits per heavy atom. The van der Waals surface area contributed by atoms with Crippen molar-refractivity contribution in [3.63, 3.8) is 0 Å². The van der Waals surface area contributed by atoms with Crippen LogP contribution in [0.2, 0.25) is 0 Å². The first kappa shape index (κ1) is 10.9. The number of anilines is 1. The van der Waals surface area contributed by atoms with Crippen LogP contribution >= 0.6 is 0 Å². The number of carbonyl (C=O) groups excluding carboxylic acids is 2. The highest BCUT2D eigenvalue weighted by Gasteiger charge is 2.59. The van der Waals surface area contributed by atoms with Gasteiger partial charge in [-0.1, -0.05) is 12.2 Å². The van der Waals surface area contributed by atoms with Gasteiger partial charge in [0, 0.05) is 0 Å². The van der Waals surface area contributed by atoms with Gasteiger partial charge in [-0.15, -0.1) is 0 Å². The topological polar surface area (TPSA) is 37.4 Å². The molecule has 3 nitrogen and oxygen atoms in total. The molecule has 3 aliphatic rings. The summed E-state index contributed by atoms with van der Waals surface area (Å²) in [6.45, 7) is 0. The largest absolute Gasteiger partial charge is 0.274 e. The maximum Gasteiger partial charge on any atom is 0.238 e. The van der Waals surface area contributed by atoms with Crippen LogP contribution in [-0.4, -0.2) is 11.8 Å². The van der Waals surface area contributed by atoms with Gasteiger partial charge >= 0.3 is 0 Å². The van der Waals surface area contributed by atoms with Gasteiger partial charge in [0.1, 0.15) is 5.82 Å². The first-order valence-electron chi connectivity index (χ1n) is 6.48. The molecule has 0 unspecified atom stereocenters. The molecule has 4 heteroatoms. The molecule has 19 heavy (non-hydrogen) atoms. The number of hydrogen-bond donors (Lipinski definition) is 0. The third-order valence-electron chi connectivity index (χ3n) is 4.56. The molecule has 2 amide bonds. The van der Waals surface area contributed by atoms with E-state index >= 15 is 0 Å². The summed E-state index contributed by atoms with van der Waals surface area (Å²) in [5, 5.41) is 0. The minimum atomic E-state index is -0.371. The summed E-state index contributed by atoms with van der Waals surface area (Å²) in [5.41, 5.74) is 0.477. The molecule has 0 N–H and O–H groups in total. The van der Waals surface area contributed by atoms with E-state index in [1.807, 2.05) is 0 Å². The predicted molar refractivity (Wildman–Crippen MR) is 66.6 cm³/mol. The number of imide groups is 1. The van der Waals surface area contributed by atoms with Gasteiger partial charge in [0.2, 0.25) is 11.8 Å². The van der Waals surface area contributed by atoms with E-state index in [1.165, 1.54) is 29.2 Å². The van der Waals surface area contributed by atoms with E-state index in [0.717, 1.165) is 6.42 Å². The average molecular weight is 257 g/mol. The molecule has 96 valence electrons. The fraction of sp³-hybridized carbons (Fsp3) is 0.333. The number of benzene rings is 1. The minimum Gasteiger partial charge on any atom is -0.274 e. The van der Waals surface area contributed by atoms with E-state index in [9.17, 15) is 14.0 Å². The number of fused-ring (bicyclic) bond motifs is 5. The fourth-order valence-corrected chi connectivity index (χ4v) is 3.75. The quantitative estimate of drug-likeness (QED) is 0.571. The monoisotopic (exact) mass is 257 g/mol. The highest BCUT2D eigenvalue weighted by molar-refractivity contribution is 6.22. The Balaban J connectivity index is 1.74. The van der Waals surface area contributed by atoms with Crippen LogP contribution in [0, 0.1) is 29.5 Å². The van der Waals surface area contributed by atoms with Crippen LogP contribution in [-0.2, 0) is 9.59 Å². The van der Waals surface area contributed by atoms with Crippen molar-refractivity contribution >= 4 is 17.5 Å². The van der Waals surface area contributed by atoms with Crippen LogP contribution in [0.4, 0.5) is 10.1 Å². The zero-order valence-electron chi connectivity index (χ0n) is 10.1. The van der Waals surface area contributed by atoms with Gasteiger partial charge in [-0.05, 0) is 42.5 Å². The van der Waals surface area contributed by atoms with Crippen LogP contribution in [0.3, 0.4) is 0 Å². The Kier molecular flexibility index (Phi) is 2.03. The van der Waals surface area contributed by atoms with Crippen molar-refractivity contribution in [2.45, 2.75) is 6.42 Å². The van der Waals surface area contributed by atoms with E-state index in [1.54, 1.807) is 0 Å². The van der Waals surface area contributed by atoms with E-state index < -0.39 is 0 Å². The lowest BCUT2D eigenvalue weighted by atomic mass is 9.85. The molecule has 4 rings (SSSR count). The van der Waals surface area contributed by atoms with Gasteiger partial charge in [0.15, 0.2) is 0 Å². The Morgan fingerprint density at radius 1 is 0.947 bits per heavy atom. The van der Waals surface area contributed by atoms with Crippen molar-refractivity contribution in [2.24, 2.45) is 23.7 Å². The molecule has 2 aliphatic carbocycles. The van der Waals surface area contributed by atoms with E-state index in [-0.39, 0.29) is 41.3 Å². The summed E-state index contributed by atoms with van der Waals surface area (Å²) in [7, 11) is 0. The van der Waals surface area contributed by atoms with Crippen LogP contribution in [0.25, 0.3) is 0 Å². The maximum absolute atomic E-state index is 12.9. The molecule has 1 aromatic carbocycles. The summed E-state index contributed by atoms with van der Waals surface area (Å²) in [6.07, 6.45) is 5.04. The Labute approximate surface area is 109 Å². The highest BCUT2D eigenvalue weighted by Crippen LogP contribution is 2.53. The van der Waals surface area contributed by atoms with Gasteiger partial charge < -0.3 is 0 Å². The number of halogens is 1. The molecule has 0 aromatic heterocycles. The summed E-state index contributed by atoms with van der Waals surface area (Å²) in [6, 6.07) is 5.52. The van der Waals surface area contributed by atoms with Crippen molar-refractivity contribution in [3.8, 4) is 0 Å². The molecular weight excluding hydrogens is 245 g/mol. The number of nitrogens with zero attached hydrogens (tertiary/aromatic N) is 1. The molecule has 2 fully saturated rings. The zero-order chi connectivity index (χ0) is 13.1. The number of rotatable bonds is 1. The van der Waals surface area contributed by atoms with Crippen molar-refractivity contribution < 1.29 is 14.0 Å². The first-order chi connectivity index (χ1) is 9.16. The van der Waals surface area contributed by atoms with Gasteiger partial charge in [-0.25, -0.2) is 4.39 Å². The highest BCUT2D eigenvalue weighted by atomic mass is 19.1. The summed E-state index contributed by atoms with van der Waals surface area (Å²) < 4.78 is 12.9. The molecule has 1 saturated carbocycles. The second-order valence-electron chi connectivity index (χ2n) is 5.49. The van der Waals surface area contributed by atoms with Crippen LogP contribution in [0.1, 0.15) is 6.42 Å². The molecule has 2 bridgehead atoms. The lowest BCUT2D eigenvalue weighted by Crippen LogP contribution is -2.32. The van der Waals surface area contributed by atoms with Gasteiger partial charge in [0.25, 0.3) is 0 Å². The Hall–Kier alpha value is -1.97. The smallest absolute Gasteiger partial charge is 0.238 e. The lowest BCUT2D eigenvalue weighted by Gasteiger charge is -2.17. The summed E-state index contributed by atoms with van der Waals surface area (Å²) >= 11 is 0. The normalized spacial score (nSPS) is 35.3. The van der Waals surface area contributed by atoms with Crippen molar-refractivity contribution in [1.82, 2.24) is 0 Å². The van der Waals surface area contributed by atoms with Crippen LogP contribution < -0.4 is 4.90 Å². The minimum absolute atomic E-state index is 0.126. The lowest BCUT2D eigenvalue weighted by molar-refractivity contribution is -0.123. The molecule has 1 heterocycles. The molecule has 4 atom stereocenters. The molecular formula is C15H12FNO2. The Morgan fingerprint density at radius 3 is 2.00 bits per heavy atom. The second kappa shape index (κ2) is 3.53. The molecule has 1 saturated heterocycles. The molecule has 1 aromatic rings. The SMILES string of the molecule is O=C1[C@@H]2[C@H](C(=O)N1c1ccc(F)cc1)[C@@H]1C=C[C@H]2C1. The van der Waals surface area contributed by atoms with Gasteiger partial charge in [-0.2, -0.15) is 0 Å². The molecule has 1 aliphatic heterocycles. The molecule has 0 radical (unpaired) electrons. The third-order valence-corrected chi connectivity index (χ3v) is 4.56. The molecule has 0 spiro atoms. The van der Waals surface area contributed by atoms with Crippen LogP contribution in [0.5, 0.6) is 0 Å². The van der Waals surface area contributed by atoms with Crippen molar-refractivity contribution in [2.75, 3.05) is 4.90 Å². The predicted octanol–water partition coefficient (Wildman–Crippen LogP) is 2.14. The van der Waals surface area contributed by atoms with E-state index in [0.29, 0.717) is 5.69 Å². The Bertz CT molecular complexity index is 577. The maximum atomic E-state index is 12.9. The van der Waals surface area contributed by atoms with E-state index in [4.69, 9.17) is 0 Å². The fourth-order valence-electron chi connectivity index (χ4n) is 3.75. The average Bonchev–Trinajstić information content (AvgIpc) is 3.06. The van der Waals surface area contributed by atoms with Crippen molar-refractivity contribution in [1.29, 1.82) is 0 Å². The third kappa shape index (κ3) is 1.31. The number of hydrogen-bond acceptors (Lipinski definition) is 2. The number of carbonyl (C=O) groups is 2. The standard InChI is InChI=1S/C15H12FNO2/c16-10-3-5-11(6-4-10)17-14(18)12-8-1-2-9(7-8)13(12)15(17)19/h1-6,8-9,12-13H,7H2/t8-,9+,12-,13+. The number of allylic oxidation sites excluding steroid dienone is 2. The van der Waals surface area contributed by atoms with Gasteiger partial charge in [-0.3, -0.25) is 14.5 Å².